The average Bonchev–Trinajstić information content (AvgIpc) is 2.82. The highest BCUT2D eigenvalue weighted by Crippen LogP contribution is 2.13. The van der Waals surface area contributed by atoms with E-state index in [9.17, 15) is 0 Å². The van der Waals surface area contributed by atoms with Crippen molar-refractivity contribution in [3.05, 3.63) is 24.8 Å². The average molecular weight is 219 g/mol. The number of hydrogen-bond donors (Lipinski definition) is 1. The Morgan fingerprint density at radius 2 is 2.25 bits per heavy atom. The van der Waals surface area contributed by atoms with E-state index in [-0.39, 0.29) is 0 Å². The van der Waals surface area contributed by atoms with Gasteiger partial charge in [0, 0.05) is 32.2 Å². The standard InChI is InChI=1S/C11H17N5/c1-9(2)6-13-11-12-4-5-16(11)10-7-14-15(3)8-10/h4-5,7-9H,6H2,1-3H3,(H,12,13). The summed E-state index contributed by atoms with van der Waals surface area (Å²) in [6.45, 7) is 5.26. The molecule has 0 atom stereocenters. The number of aromatic nitrogens is 4. The van der Waals surface area contributed by atoms with E-state index in [4.69, 9.17) is 0 Å². The SMILES string of the molecule is CC(C)CNc1nccn1-c1cnn(C)c1. The minimum atomic E-state index is 0.596. The summed E-state index contributed by atoms with van der Waals surface area (Å²) in [6, 6.07) is 0. The molecule has 0 amide bonds. The van der Waals surface area contributed by atoms with Gasteiger partial charge in [0.15, 0.2) is 0 Å². The summed E-state index contributed by atoms with van der Waals surface area (Å²) in [7, 11) is 1.90. The third kappa shape index (κ3) is 2.24. The molecule has 0 aliphatic heterocycles. The first-order valence-electron chi connectivity index (χ1n) is 5.43. The molecule has 0 saturated heterocycles. The van der Waals surface area contributed by atoms with Crippen molar-refractivity contribution in [1.29, 1.82) is 0 Å². The molecule has 0 aliphatic carbocycles. The molecular formula is C11H17N5. The maximum Gasteiger partial charge on any atom is 0.207 e. The molecule has 2 aromatic rings. The third-order valence-electron chi connectivity index (χ3n) is 2.28. The first-order valence-corrected chi connectivity index (χ1v) is 5.43. The Kier molecular flexibility index (Phi) is 2.94. The molecule has 0 spiro atoms. The molecule has 0 saturated carbocycles. The van der Waals surface area contributed by atoms with Gasteiger partial charge in [-0.3, -0.25) is 9.25 Å². The second-order valence-electron chi connectivity index (χ2n) is 4.27. The molecule has 0 unspecified atom stereocenters. The highest BCUT2D eigenvalue weighted by Gasteiger charge is 2.06. The van der Waals surface area contributed by atoms with Crippen molar-refractivity contribution in [3.8, 4) is 5.69 Å². The Morgan fingerprint density at radius 1 is 1.44 bits per heavy atom. The van der Waals surface area contributed by atoms with Crippen LogP contribution in [-0.4, -0.2) is 25.9 Å². The van der Waals surface area contributed by atoms with Crippen LogP contribution in [0.1, 0.15) is 13.8 Å². The number of nitrogens with one attached hydrogen (secondary N) is 1. The second kappa shape index (κ2) is 4.38. The molecule has 2 heterocycles. The van der Waals surface area contributed by atoms with E-state index in [1.807, 2.05) is 30.2 Å². The van der Waals surface area contributed by atoms with E-state index in [1.54, 1.807) is 10.9 Å². The van der Waals surface area contributed by atoms with Crippen molar-refractivity contribution >= 4 is 5.95 Å². The van der Waals surface area contributed by atoms with E-state index in [0.717, 1.165) is 18.2 Å². The maximum atomic E-state index is 4.29. The van der Waals surface area contributed by atoms with E-state index in [1.165, 1.54) is 0 Å². The molecular weight excluding hydrogens is 202 g/mol. The number of hydrogen-bond acceptors (Lipinski definition) is 3. The van der Waals surface area contributed by atoms with Gasteiger partial charge >= 0.3 is 0 Å². The summed E-state index contributed by atoms with van der Waals surface area (Å²) in [5.41, 5.74) is 1.02. The van der Waals surface area contributed by atoms with Gasteiger partial charge in [-0.05, 0) is 5.92 Å². The lowest BCUT2D eigenvalue weighted by Gasteiger charge is -2.09. The predicted molar refractivity (Wildman–Crippen MR) is 63.7 cm³/mol. The zero-order valence-corrected chi connectivity index (χ0v) is 9.88. The van der Waals surface area contributed by atoms with Crippen LogP contribution in [0.3, 0.4) is 0 Å². The molecule has 5 heteroatoms. The van der Waals surface area contributed by atoms with Crippen LogP contribution in [0, 0.1) is 5.92 Å². The molecule has 0 aliphatic rings. The van der Waals surface area contributed by atoms with Crippen LogP contribution in [0.2, 0.25) is 0 Å². The molecule has 5 nitrogen and oxygen atoms in total. The topological polar surface area (TPSA) is 47.7 Å². The van der Waals surface area contributed by atoms with E-state index in [0.29, 0.717) is 5.92 Å². The fraction of sp³-hybridized carbons (Fsp3) is 0.455. The summed E-state index contributed by atoms with van der Waals surface area (Å²) in [4.78, 5) is 4.29. The fourth-order valence-corrected chi connectivity index (χ4v) is 1.47. The molecule has 86 valence electrons. The highest BCUT2D eigenvalue weighted by atomic mass is 15.3. The van der Waals surface area contributed by atoms with Crippen LogP contribution in [0.4, 0.5) is 5.95 Å². The Bertz CT molecular complexity index is 454. The molecule has 0 aromatic carbocycles. The molecule has 16 heavy (non-hydrogen) atoms. The van der Waals surface area contributed by atoms with Gasteiger partial charge in [-0.25, -0.2) is 4.98 Å². The number of aryl methyl sites for hydroxylation is 1. The van der Waals surface area contributed by atoms with Crippen molar-refractivity contribution < 1.29 is 0 Å². The Hall–Kier alpha value is -1.78. The zero-order valence-electron chi connectivity index (χ0n) is 9.88. The van der Waals surface area contributed by atoms with Gasteiger partial charge in [0.1, 0.15) is 0 Å². The van der Waals surface area contributed by atoms with Crippen LogP contribution < -0.4 is 5.32 Å². The van der Waals surface area contributed by atoms with Gasteiger partial charge in [-0.15, -0.1) is 0 Å². The lowest BCUT2D eigenvalue weighted by atomic mass is 10.2. The normalized spacial score (nSPS) is 11.0. The minimum Gasteiger partial charge on any atom is -0.355 e. The third-order valence-corrected chi connectivity index (χ3v) is 2.28. The summed E-state index contributed by atoms with van der Waals surface area (Å²) in [5.74, 6) is 1.46. The maximum absolute atomic E-state index is 4.29. The number of nitrogens with zero attached hydrogens (tertiary/aromatic N) is 4. The highest BCUT2D eigenvalue weighted by molar-refractivity contribution is 5.39. The van der Waals surface area contributed by atoms with Crippen molar-refractivity contribution in [1.82, 2.24) is 19.3 Å². The monoisotopic (exact) mass is 219 g/mol. The Balaban J connectivity index is 2.19. The second-order valence-corrected chi connectivity index (χ2v) is 4.27. The van der Waals surface area contributed by atoms with Gasteiger partial charge in [0.05, 0.1) is 11.9 Å². The Labute approximate surface area is 95.1 Å². The minimum absolute atomic E-state index is 0.596. The molecule has 2 rings (SSSR count). The van der Waals surface area contributed by atoms with Crippen molar-refractivity contribution in [2.75, 3.05) is 11.9 Å². The number of anilines is 1. The van der Waals surface area contributed by atoms with Crippen molar-refractivity contribution in [3.63, 3.8) is 0 Å². The summed E-state index contributed by atoms with van der Waals surface area (Å²) in [6.07, 6.45) is 7.50. The molecule has 0 fully saturated rings. The molecule has 0 bridgehead atoms. The van der Waals surface area contributed by atoms with E-state index >= 15 is 0 Å². The van der Waals surface area contributed by atoms with Gasteiger partial charge < -0.3 is 5.32 Å². The van der Waals surface area contributed by atoms with Gasteiger partial charge in [-0.2, -0.15) is 5.10 Å². The van der Waals surface area contributed by atoms with Gasteiger partial charge in [0.25, 0.3) is 0 Å². The van der Waals surface area contributed by atoms with Gasteiger partial charge in [0.2, 0.25) is 5.95 Å². The molecule has 0 radical (unpaired) electrons. The summed E-state index contributed by atoms with van der Waals surface area (Å²) < 4.78 is 3.77. The molecule has 1 N–H and O–H groups in total. The smallest absolute Gasteiger partial charge is 0.207 e. The van der Waals surface area contributed by atoms with Crippen LogP contribution >= 0.6 is 0 Å². The van der Waals surface area contributed by atoms with E-state index < -0.39 is 0 Å². The Morgan fingerprint density at radius 3 is 2.88 bits per heavy atom. The van der Waals surface area contributed by atoms with Gasteiger partial charge in [-0.1, -0.05) is 13.8 Å². The summed E-state index contributed by atoms with van der Waals surface area (Å²) >= 11 is 0. The van der Waals surface area contributed by atoms with Crippen LogP contribution in [0.5, 0.6) is 0 Å². The number of imidazole rings is 1. The van der Waals surface area contributed by atoms with Crippen molar-refractivity contribution in [2.45, 2.75) is 13.8 Å². The van der Waals surface area contributed by atoms with Crippen molar-refractivity contribution in [2.24, 2.45) is 13.0 Å². The first-order chi connectivity index (χ1) is 7.66. The predicted octanol–water partition coefficient (Wildman–Crippen LogP) is 1.67. The quantitative estimate of drug-likeness (QED) is 0.851. The molecule has 2 aromatic heterocycles. The van der Waals surface area contributed by atoms with Crippen LogP contribution in [-0.2, 0) is 7.05 Å². The van der Waals surface area contributed by atoms with Crippen LogP contribution in [0.15, 0.2) is 24.8 Å². The zero-order chi connectivity index (χ0) is 11.5. The first kappa shape index (κ1) is 10.7. The fourth-order valence-electron chi connectivity index (χ4n) is 1.47. The number of rotatable bonds is 4. The van der Waals surface area contributed by atoms with E-state index in [2.05, 4.69) is 29.2 Å². The lowest BCUT2D eigenvalue weighted by molar-refractivity contribution is 0.683. The summed E-state index contributed by atoms with van der Waals surface area (Å²) in [5, 5.41) is 7.46. The lowest BCUT2D eigenvalue weighted by Crippen LogP contribution is -2.11. The largest absolute Gasteiger partial charge is 0.355 e. The van der Waals surface area contributed by atoms with Crippen LogP contribution in [0.25, 0.3) is 5.69 Å².